The van der Waals surface area contributed by atoms with Crippen LogP contribution in [-0.2, 0) is 11.3 Å². The molecule has 0 aliphatic carbocycles. The number of carbonyl (C=O) groups is 1. The van der Waals surface area contributed by atoms with Gasteiger partial charge in [-0.3, -0.25) is 18.7 Å². The second-order valence-corrected chi connectivity index (χ2v) is 6.85. The fourth-order valence-electron chi connectivity index (χ4n) is 3.20. The standard InChI is InChI=1S/C21H23N3O3/c1-14(2)24-20(26)17-11-7-8-12-18(17)23(21(24)27)13-19(25)22-15(3)16-9-5-4-6-10-16/h4-12,14-15H,13H2,1-3H3,(H,22,25)/t15-/m0/s1. The third-order valence-corrected chi connectivity index (χ3v) is 4.58. The molecule has 3 aromatic rings. The molecule has 0 saturated carbocycles. The van der Waals surface area contributed by atoms with Gasteiger partial charge in [-0.25, -0.2) is 4.79 Å². The zero-order chi connectivity index (χ0) is 19.6. The number of para-hydroxylation sites is 1. The summed E-state index contributed by atoms with van der Waals surface area (Å²) in [5.74, 6) is -0.285. The van der Waals surface area contributed by atoms with Crippen LogP contribution in [0.3, 0.4) is 0 Å². The van der Waals surface area contributed by atoms with E-state index in [1.165, 1.54) is 9.13 Å². The molecule has 0 fully saturated rings. The Morgan fingerprint density at radius 3 is 2.26 bits per heavy atom. The molecule has 1 atom stereocenters. The minimum Gasteiger partial charge on any atom is -0.348 e. The first-order chi connectivity index (χ1) is 12.9. The predicted octanol–water partition coefficient (Wildman–Crippen LogP) is 2.62. The fourth-order valence-corrected chi connectivity index (χ4v) is 3.20. The number of aromatic nitrogens is 2. The van der Waals surface area contributed by atoms with Gasteiger partial charge in [-0.15, -0.1) is 0 Å². The maximum absolute atomic E-state index is 12.9. The molecule has 140 valence electrons. The summed E-state index contributed by atoms with van der Waals surface area (Å²) in [7, 11) is 0. The van der Waals surface area contributed by atoms with Crippen molar-refractivity contribution in [1.82, 2.24) is 14.5 Å². The molecule has 1 heterocycles. The van der Waals surface area contributed by atoms with Gasteiger partial charge < -0.3 is 5.32 Å². The summed E-state index contributed by atoms with van der Waals surface area (Å²) in [4.78, 5) is 38.1. The summed E-state index contributed by atoms with van der Waals surface area (Å²) < 4.78 is 2.56. The average Bonchev–Trinajstić information content (AvgIpc) is 2.65. The minimum atomic E-state index is -0.476. The molecule has 1 amide bonds. The average molecular weight is 365 g/mol. The van der Waals surface area contributed by atoms with Crippen molar-refractivity contribution in [3.63, 3.8) is 0 Å². The Kier molecular flexibility index (Phi) is 5.26. The van der Waals surface area contributed by atoms with Crippen molar-refractivity contribution >= 4 is 16.8 Å². The molecular weight excluding hydrogens is 342 g/mol. The number of benzene rings is 2. The molecule has 1 N–H and O–H groups in total. The topological polar surface area (TPSA) is 73.1 Å². The van der Waals surface area contributed by atoms with Crippen LogP contribution in [0.4, 0.5) is 0 Å². The number of nitrogens with one attached hydrogen (secondary N) is 1. The molecule has 27 heavy (non-hydrogen) atoms. The molecule has 6 heteroatoms. The number of nitrogens with zero attached hydrogens (tertiary/aromatic N) is 2. The number of hydrogen-bond donors (Lipinski definition) is 1. The normalized spacial score (nSPS) is 12.3. The summed E-state index contributed by atoms with van der Waals surface area (Å²) in [6.07, 6.45) is 0. The summed E-state index contributed by atoms with van der Waals surface area (Å²) >= 11 is 0. The molecule has 0 bridgehead atoms. The van der Waals surface area contributed by atoms with Crippen LogP contribution in [0.5, 0.6) is 0 Å². The van der Waals surface area contributed by atoms with E-state index in [2.05, 4.69) is 5.32 Å². The van der Waals surface area contributed by atoms with E-state index < -0.39 is 5.69 Å². The van der Waals surface area contributed by atoms with E-state index in [0.717, 1.165) is 5.56 Å². The molecule has 0 spiro atoms. The summed E-state index contributed by atoms with van der Waals surface area (Å²) in [5.41, 5.74) is 0.637. The van der Waals surface area contributed by atoms with Crippen LogP contribution in [0.2, 0.25) is 0 Å². The van der Waals surface area contributed by atoms with Gasteiger partial charge in [-0.05, 0) is 38.5 Å². The Balaban J connectivity index is 1.98. The number of fused-ring (bicyclic) bond motifs is 1. The van der Waals surface area contributed by atoms with Crippen LogP contribution in [0, 0.1) is 0 Å². The molecule has 0 aliphatic rings. The van der Waals surface area contributed by atoms with Crippen molar-refractivity contribution in [2.75, 3.05) is 0 Å². The Hall–Kier alpha value is -3.15. The highest BCUT2D eigenvalue weighted by atomic mass is 16.2. The molecule has 1 aromatic heterocycles. The zero-order valence-corrected chi connectivity index (χ0v) is 15.7. The van der Waals surface area contributed by atoms with Crippen molar-refractivity contribution < 1.29 is 4.79 Å². The van der Waals surface area contributed by atoms with E-state index in [1.807, 2.05) is 37.3 Å². The van der Waals surface area contributed by atoms with Crippen LogP contribution in [0.25, 0.3) is 10.9 Å². The Morgan fingerprint density at radius 2 is 1.59 bits per heavy atom. The van der Waals surface area contributed by atoms with Crippen molar-refractivity contribution in [3.05, 3.63) is 81.0 Å². The van der Waals surface area contributed by atoms with Gasteiger partial charge in [0.15, 0.2) is 0 Å². The van der Waals surface area contributed by atoms with Crippen LogP contribution in [0.1, 0.15) is 38.4 Å². The molecule has 6 nitrogen and oxygen atoms in total. The SMILES string of the molecule is CC(C)n1c(=O)c2ccccc2n(CC(=O)N[C@@H](C)c2ccccc2)c1=O. The van der Waals surface area contributed by atoms with Crippen LogP contribution >= 0.6 is 0 Å². The van der Waals surface area contributed by atoms with E-state index in [-0.39, 0.29) is 30.1 Å². The van der Waals surface area contributed by atoms with Gasteiger partial charge in [0.25, 0.3) is 5.56 Å². The lowest BCUT2D eigenvalue weighted by Crippen LogP contribution is -2.43. The predicted molar refractivity (Wildman–Crippen MR) is 106 cm³/mol. The van der Waals surface area contributed by atoms with Crippen LogP contribution in [0.15, 0.2) is 64.2 Å². The maximum Gasteiger partial charge on any atom is 0.332 e. The quantitative estimate of drug-likeness (QED) is 0.755. The Bertz CT molecular complexity index is 1080. The molecule has 2 aromatic carbocycles. The molecule has 0 saturated heterocycles. The Labute approximate surface area is 157 Å². The monoisotopic (exact) mass is 365 g/mol. The number of amides is 1. The second kappa shape index (κ2) is 7.61. The van der Waals surface area contributed by atoms with E-state index in [4.69, 9.17) is 0 Å². The first kappa shape index (κ1) is 18.6. The Morgan fingerprint density at radius 1 is 0.963 bits per heavy atom. The second-order valence-electron chi connectivity index (χ2n) is 6.85. The highest BCUT2D eigenvalue weighted by molar-refractivity contribution is 5.81. The molecule has 3 rings (SSSR count). The van der Waals surface area contributed by atoms with Crippen LogP contribution < -0.4 is 16.6 Å². The third-order valence-electron chi connectivity index (χ3n) is 4.58. The molecular formula is C21H23N3O3. The lowest BCUT2D eigenvalue weighted by molar-refractivity contribution is -0.122. The fraction of sp³-hybridized carbons (Fsp3) is 0.286. The molecule has 0 aliphatic heterocycles. The zero-order valence-electron chi connectivity index (χ0n) is 15.7. The number of hydrogen-bond acceptors (Lipinski definition) is 3. The molecule has 0 radical (unpaired) electrons. The summed E-state index contributed by atoms with van der Waals surface area (Å²) in [5, 5.41) is 3.34. The third kappa shape index (κ3) is 3.69. The van der Waals surface area contributed by atoms with Crippen molar-refractivity contribution in [2.24, 2.45) is 0 Å². The van der Waals surface area contributed by atoms with Gasteiger partial charge in [0, 0.05) is 6.04 Å². The van der Waals surface area contributed by atoms with Gasteiger partial charge in [0.1, 0.15) is 6.54 Å². The van der Waals surface area contributed by atoms with Gasteiger partial charge in [-0.1, -0.05) is 42.5 Å². The maximum atomic E-state index is 12.9. The highest BCUT2D eigenvalue weighted by Crippen LogP contribution is 2.12. The van der Waals surface area contributed by atoms with E-state index in [1.54, 1.807) is 38.1 Å². The van der Waals surface area contributed by atoms with Crippen molar-refractivity contribution in [1.29, 1.82) is 0 Å². The largest absolute Gasteiger partial charge is 0.348 e. The van der Waals surface area contributed by atoms with E-state index in [0.29, 0.717) is 10.9 Å². The molecule has 0 unspecified atom stereocenters. The number of rotatable bonds is 5. The lowest BCUT2D eigenvalue weighted by atomic mass is 10.1. The first-order valence-corrected chi connectivity index (χ1v) is 8.98. The number of carbonyl (C=O) groups excluding carboxylic acids is 1. The van der Waals surface area contributed by atoms with E-state index >= 15 is 0 Å². The minimum absolute atomic E-state index is 0.149. The first-order valence-electron chi connectivity index (χ1n) is 8.98. The van der Waals surface area contributed by atoms with Gasteiger partial charge in [0.05, 0.1) is 16.9 Å². The smallest absolute Gasteiger partial charge is 0.332 e. The lowest BCUT2D eigenvalue weighted by Gasteiger charge is -2.18. The van der Waals surface area contributed by atoms with Gasteiger partial charge >= 0.3 is 5.69 Å². The summed E-state index contributed by atoms with van der Waals surface area (Å²) in [6.45, 7) is 5.30. The summed E-state index contributed by atoms with van der Waals surface area (Å²) in [6, 6.07) is 16.0. The van der Waals surface area contributed by atoms with E-state index in [9.17, 15) is 14.4 Å². The van der Waals surface area contributed by atoms with Crippen molar-refractivity contribution in [2.45, 2.75) is 39.4 Å². The highest BCUT2D eigenvalue weighted by Gasteiger charge is 2.17. The van der Waals surface area contributed by atoms with Crippen molar-refractivity contribution in [3.8, 4) is 0 Å². The van der Waals surface area contributed by atoms with Gasteiger partial charge in [0.2, 0.25) is 5.91 Å². The van der Waals surface area contributed by atoms with Gasteiger partial charge in [-0.2, -0.15) is 0 Å². The van der Waals surface area contributed by atoms with Crippen LogP contribution in [-0.4, -0.2) is 15.0 Å².